The monoisotopic (exact) mass is 238 g/mol. The van der Waals surface area contributed by atoms with Gasteiger partial charge in [-0.05, 0) is 31.2 Å². The van der Waals surface area contributed by atoms with Crippen molar-refractivity contribution in [1.82, 2.24) is 9.97 Å². The van der Waals surface area contributed by atoms with E-state index in [0.29, 0.717) is 16.0 Å². The van der Waals surface area contributed by atoms with Gasteiger partial charge in [0.2, 0.25) is 0 Å². The molecule has 15 heavy (non-hydrogen) atoms. The van der Waals surface area contributed by atoms with Crippen molar-refractivity contribution in [3.63, 3.8) is 0 Å². The number of aromatic nitrogens is 2. The molecule has 0 fully saturated rings. The molecule has 76 valence electrons. The first-order valence-electron chi connectivity index (χ1n) is 4.42. The highest BCUT2D eigenvalue weighted by atomic mass is 35.5. The van der Waals surface area contributed by atoms with Gasteiger partial charge in [-0.25, -0.2) is 9.97 Å². The summed E-state index contributed by atoms with van der Waals surface area (Å²) < 4.78 is 0. The van der Waals surface area contributed by atoms with E-state index in [4.69, 9.17) is 23.2 Å². The molecule has 0 aliphatic carbocycles. The summed E-state index contributed by atoms with van der Waals surface area (Å²) in [6.45, 7) is 1.87. The van der Waals surface area contributed by atoms with E-state index in [9.17, 15) is 0 Å². The minimum atomic E-state index is 0.481. The Morgan fingerprint density at radius 2 is 1.73 bits per heavy atom. The van der Waals surface area contributed by atoms with Crippen molar-refractivity contribution in [2.75, 3.05) is 0 Å². The van der Waals surface area contributed by atoms with E-state index < -0.39 is 0 Å². The van der Waals surface area contributed by atoms with Gasteiger partial charge in [-0.2, -0.15) is 0 Å². The Morgan fingerprint density at radius 1 is 1.07 bits per heavy atom. The average molecular weight is 239 g/mol. The van der Waals surface area contributed by atoms with Gasteiger partial charge in [0.15, 0.2) is 5.82 Å². The van der Waals surface area contributed by atoms with Crippen LogP contribution in [-0.2, 0) is 0 Å². The SMILES string of the molecule is Cc1cnc(-c2ccc(Cl)cc2)nc1Cl. The number of hydrogen-bond acceptors (Lipinski definition) is 2. The lowest BCUT2D eigenvalue weighted by Gasteiger charge is -2.02. The van der Waals surface area contributed by atoms with Crippen LogP contribution in [0.3, 0.4) is 0 Å². The summed E-state index contributed by atoms with van der Waals surface area (Å²) in [6, 6.07) is 7.33. The van der Waals surface area contributed by atoms with E-state index in [1.165, 1.54) is 0 Å². The fraction of sp³-hybridized carbons (Fsp3) is 0.0909. The summed E-state index contributed by atoms with van der Waals surface area (Å²) in [5, 5.41) is 1.17. The van der Waals surface area contributed by atoms with Crippen molar-refractivity contribution in [2.45, 2.75) is 6.92 Å². The first kappa shape index (κ1) is 10.4. The standard InChI is InChI=1S/C11H8Cl2N2/c1-7-6-14-11(15-10(7)13)8-2-4-9(12)5-3-8/h2-6H,1H3. The zero-order valence-electron chi connectivity index (χ0n) is 8.04. The molecule has 0 aliphatic heterocycles. The molecule has 1 aromatic carbocycles. The molecule has 0 amide bonds. The van der Waals surface area contributed by atoms with Crippen LogP contribution in [0.5, 0.6) is 0 Å². The highest BCUT2D eigenvalue weighted by Crippen LogP contribution is 2.20. The van der Waals surface area contributed by atoms with Crippen molar-refractivity contribution < 1.29 is 0 Å². The van der Waals surface area contributed by atoms with Crippen LogP contribution in [0, 0.1) is 6.92 Å². The molecule has 0 saturated heterocycles. The summed E-state index contributed by atoms with van der Waals surface area (Å²) in [5.74, 6) is 0.613. The molecule has 0 atom stereocenters. The maximum Gasteiger partial charge on any atom is 0.160 e. The second-order valence-corrected chi connectivity index (χ2v) is 3.97. The summed E-state index contributed by atoms with van der Waals surface area (Å²) >= 11 is 11.7. The molecule has 2 aromatic rings. The smallest absolute Gasteiger partial charge is 0.160 e. The molecule has 2 nitrogen and oxygen atoms in total. The number of rotatable bonds is 1. The fourth-order valence-corrected chi connectivity index (χ4v) is 1.41. The van der Waals surface area contributed by atoms with E-state index in [1.54, 1.807) is 18.3 Å². The average Bonchev–Trinajstić information content (AvgIpc) is 2.23. The lowest BCUT2D eigenvalue weighted by atomic mass is 10.2. The van der Waals surface area contributed by atoms with Crippen molar-refractivity contribution in [3.8, 4) is 11.4 Å². The van der Waals surface area contributed by atoms with Crippen molar-refractivity contribution in [2.24, 2.45) is 0 Å². The maximum atomic E-state index is 5.92. The zero-order valence-corrected chi connectivity index (χ0v) is 9.55. The molecule has 0 unspecified atom stereocenters. The van der Waals surface area contributed by atoms with Gasteiger partial charge in [-0.15, -0.1) is 0 Å². The highest BCUT2D eigenvalue weighted by Gasteiger charge is 2.03. The summed E-state index contributed by atoms with van der Waals surface area (Å²) in [4.78, 5) is 8.38. The minimum Gasteiger partial charge on any atom is -0.236 e. The van der Waals surface area contributed by atoms with Crippen LogP contribution in [0.2, 0.25) is 10.2 Å². The lowest BCUT2D eigenvalue weighted by molar-refractivity contribution is 1.14. The Bertz CT molecular complexity index is 480. The number of aryl methyl sites for hydroxylation is 1. The van der Waals surface area contributed by atoms with E-state index in [1.807, 2.05) is 19.1 Å². The summed E-state index contributed by atoms with van der Waals surface area (Å²) in [7, 11) is 0. The molecule has 1 heterocycles. The van der Waals surface area contributed by atoms with Gasteiger partial charge in [-0.3, -0.25) is 0 Å². The molecule has 1 aromatic heterocycles. The third-order valence-corrected chi connectivity index (χ3v) is 2.65. The molecule has 0 bridgehead atoms. The van der Waals surface area contributed by atoms with Crippen LogP contribution in [0.25, 0.3) is 11.4 Å². The van der Waals surface area contributed by atoms with Crippen LogP contribution in [0.4, 0.5) is 0 Å². The zero-order chi connectivity index (χ0) is 10.8. The molecular formula is C11H8Cl2N2. The van der Waals surface area contributed by atoms with Crippen molar-refractivity contribution in [1.29, 1.82) is 0 Å². The normalized spacial score (nSPS) is 10.3. The number of benzene rings is 1. The molecular weight excluding hydrogens is 231 g/mol. The van der Waals surface area contributed by atoms with Gasteiger partial charge in [-0.1, -0.05) is 23.2 Å². The Morgan fingerprint density at radius 3 is 2.33 bits per heavy atom. The third kappa shape index (κ3) is 2.28. The van der Waals surface area contributed by atoms with Crippen LogP contribution >= 0.6 is 23.2 Å². The molecule has 0 N–H and O–H groups in total. The molecule has 0 spiro atoms. The van der Waals surface area contributed by atoms with Gasteiger partial charge in [0.05, 0.1) is 0 Å². The largest absolute Gasteiger partial charge is 0.236 e. The maximum absolute atomic E-state index is 5.92. The Labute approximate surface area is 97.9 Å². The summed E-state index contributed by atoms with van der Waals surface area (Å²) in [5.41, 5.74) is 1.77. The molecule has 0 aliphatic rings. The first-order valence-corrected chi connectivity index (χ1v) is 5.17. The van der Waals surface area contributed by atoms with E-state index in [2.05, 4.69) is 9.97 Å². The molecule has 2 rings (SSSR count). The topological polar surface area (TPSA) is 25.8 Å². The quantitative estimate of drug-likeness (QED) is 0.708. The van der Waals surface area contributed by atoms with Crippen LogP contribution in [0.15, 0.2) is 30.5 Å². The van der Waals surface area contributed by atoms with Gasteiger partial charge < -0.3 is 0 Å². The number of halogens is 2. The second kappa shape index (κ2) is 4.17. The van der Waals surface area contributed by atoms with Gasteiger partial charge in [0, 0.05) is 22.3 Å². The van der Waals surface area contributed by atoms with Gasteiger partial charge >= 0.3 is 0 Å². The Kier molecular flexibility index (Phi) is 2.89. The highest BCUT2D eigenvalue weighted by molar-refractivity contribution is 6.30. The molecule has 0 saturated carbocycles. The molecule has 0 radical (unpaired) electrons. The van der Waals surface area contributed by atoms with Gasteiger partial charge in [0.1, 0.15) is 5.15 Å². The van der Waals surface area contributed by atoms with Crippen LogP contribution < -0.4 is 0 Å². The van der Waals surface area contributed by atoms with E-state index in [0.717, 1.165) is 11.1 Å². The fourth-order valence-electron chi connectivity index (χ4n) is 1.16. The van der Waals surface area contributed by atoms with Crippen molar-refractivity contribution >= 4 is 23.2 Å². The van der Waals surface area contributed by atoms with E-state index >= 15 is 0 Å². The third-order valence-electron chi connectivity index (χ3n) is 2.01. The predicted molar refractivity (Wildman–Crippen MR) is 62.2 cm³/mol. The van der Waals surface area contributed by atoms with E-state index in [-0.39, 0.29) is 0 Å². The first-order chi connectivity index (χ1) is 7.16. The number of nitrogens with zero attached hydrogens (tertiary/aromatic N) is 2. The Hall–Kier alpha value is -1.12. The minimum absolute atomic E-state index is 0.481. The lowest BCUT2D eigenvalue weighted by Crippen LogP contribution is -1.91. The molecule has 4 heteroatoms. The van der Waals surface area contributed by atoms with Crippen molar-refractivity contribution in [3.05, 3.63) is 46.2 Å². The Balaban J connectivity index is 2.45. The van der Waals surface area contributed by atoms with Crippen LogP contribution in [0.1, 0.15) is 5.56 Å². The summed E-state index contributed by atoms with van der Waals surface area (Å²) in [6.07, 6.45) is 1.71. The number of hydrogen-bond donors (Lipinski definition) is 0. The van der Waals surface area contributed by atoms with Gasteiger partial charge in [0.25, 0.3) is 0 Å². The second-order valence-electron chi connectivity index (χ2n) is 3.17. The van der Waals surface area contributed by atoms with Crippen LogP contribution in [-0.4, -0.2) is 9.97 Å². The predicted octanol–water partition coefficient (Wildman–Crippen LogP) is 3.76.